The van der Waals surface area contributed by atoms with E-state index in [1.807, 2.05) is 0 Å². The molecular weight excluding hydrogens is 458 g/mol. The molecule has 0 spiro atoms. The van der Waals surface area contributed by atoms with Gasteiger partial charge in [-0.15, -0.1) is 0 Å². The highest BCUT2D eigenvalue weighted by atomic mass is 14.7. The summed E-state index contributed by atoms with van der Waals surface area (Å²) in [7, 11) is 0. The highest BCUT2D eigenvalue weighted by molar-refractivity contribution is 6.12. The van der Waals surface area contributed by atoms with Gasteiger partial charge in [-0.05, 0) is 68.9 Å². The molecule has 0 atom stereocenters. The second-order valence-corrected chi connectivity index (χ2v) is 9.77. The summed E-state index contributed by atoms with van der Waals surface area (Å²) in [5, 5.41) is 4.95. The molecule has 0 heterocycles. The molecule has 0 aromatic heterocycles. The molecule has 1 nitrogen and oxygen atoms in total. The molecule has 0 N–H and O–H groups in total. The summed E-state index contributed by atoms with van der Waals surface area (Å²) in [4.78, 5) is 5.09. The monoisotopic (exact) mass is 487 g/mol. The summed E-state index contributed by atoms with van der Waals surface area (Å²) >= 11 is 0. The number of rotatable bonds is 6. The Kier molecular flexibility index (Phi) is 6.66. The van der Waals surface area contributed by atoms with Crippen LogP contribution in [0.15, 0.2) is 145 Å². The lowest BCUT2D eigenvalue weighted by Gasteiger charge is -2.07. The molecule has 0 unspecified atom stereocenters. The van der Waals surface area contributed by atoms with Crippen LogP contribution >= 0.6 is 0 Å². The molecule has 6 aromatic rings. The third-order valence-electron chi connectivity index (χ3n) is 7.02. The molecule has 6 aromatic carbocycles. The van der Waals surface area contributed by atoms with Gasteiger partial charge < -0.3 is 0 Å². The standard InChI is InChI=1S/C37H29N/c1-27-10-16-32(17-11-27)33-19-13-29(14-20-33)26-38-37(36-22-21-31-7-3-5-9-35(31)25-36)23-15-28-12-18-30-6-2-4-8-34(30)24-28/h2-25H,26H2,1H3/b23-15+,38-37?. The van der Waals surface area contributed by atoms with Crippen LogP contribution < -0.4 is 0 Å². The average molecular weight is 488 g/mol. The van der Waals surface area contributed by atoms with Crippen molar-refractivity contribution in [3.8, 4) is 11.1 Å². The van der Waals surface area contributed by atoms with E-state index in [4.69, 9.17) is 4.99 Å². The van der Waals surface area contributed by atoms with Crippen LogP contribution in [0.3, 0.4) is 0 Å². The first kappa shape index (κ1) is 23.6. The van der Waals surface area contributed by atoms with E-state index in [-0.39, 0.29) is 0 Å². The molecule has 0 bridgehead atoms. The van der Waals surface area contributed by atoms with Crippen LogP contribution in [0.4, 0.5) is 0 Å². The Hall–Kier alpha value is -4.75. The van der Waals surface area contributed by atoms with Gasteiger partial charge in [-0.3, -0.25) is 4.99 Å². The van der Waals surface area contributed by atoms with Crippen molar-refractivity contribution in [2.24, 2.45) is 4.99 Å². The first-order valence-electron chi connectivity index (χ1n) is 13.1. The SMILES string of the molecule is Cc1ccc(-c2ccc(CN=C(/C=C/c3ccc4ccccc4c3)c3ccc4ccccc4c3)cc2)cc1. The Morgan fingerprint density at radius 2 is 1.16 bits per heavy atom. The summed E-state index contributed by atoms with van der Waals surface area (Å²) in [5.41, 5.74) is 8.20. The van der Waals surface area contributed by atoms with E-state index in [0.29, 0.717) is 6.54 Å². The van der Waals surface area contributed by atoms with Crippen LogP contribution in [0.1, 0.15) is 22.3 Å². The molecule has 0 amide bonds. The number of nitrogens with zero attached hydrogens (tertiary/aromatic N) is 1. The Morgan fingerprint density at radius 1 is 0.579 bits per heavy atom. The summed E-state index contributed by atoms with van der Waals surface area (Å²) in [6.45, 7) is 2.74. The fourth-order valence-electron chi connectivity index (χ4n) is 4.80. The summed E-state index contributed by atoms with van der Waals surface area (Å²) in [6.07, 6.45) is 4.32. The van der Waals surface area contributed by atoms with Crippen molar-refractivity contribution in [3.05, 3.63) is 162 Å². The van der Waals surface area contributed by atoms with Crippen molar-refractivity contribution >= 4 is 33.3 Å². The van der Waals surface area contributed by atoms with Crippen molar-refractivity contribution in [2.45, 2.75) is 13.5 Å². The Bertz CT molecular complexity index is 1770. The predicted octanol–water partition coefficient (Wildman–Crippen LogP) is 9.67. The zero-order chi connectivity index (χ0) is 25.7. The zero-order valence-electron chi connectivity index (χ0n) is 21.5. The first-order chi connectivity index (χ1) is 18.7. The van der Waals surface area contributed by atoms with Crippen molar-refractivity contribution < 1.29 is 0 Å². The highest BCUT2D eigenvalue weighted by Crippen LogP contribution is 2.22. The van der Waals surface area contributed by atoms with Crippen LogP contribution in [-0.4, -0.2) is 5.71 Å². The topological polar surface area (TPSA) is 12.4 Å². The lowest BCUT2D eigenvalue weighted by atomic mass is 10.0. The van der Waals surface area contributed by atoms with Crippen molar-refractivity contribution in [2.75, 3.05) is 0 Å². The minimum Gasteiger partial charge on any atom is -0.280 e. The first-order valence-corrected chi connectivity index (χ1v) is 13.1. The predicted molar refractivity (Wildman–Crippen MR) is 164 cm³/mol. The van der Waals surface area contributed by atoms with Gasteiger partial charge in [0, 0.05) is 5.56 Å². The van der Waals surface area contributed by atoms with Crippen LogP contribution in [0.5, 0.6) is 0 Å². The fraction of sp³-hybridized carbons (Fsp3) is 0.0541. The molecule has 0 saturated heterocycles. The summed E-state index contributed by atoms with van der Waals surface area (Å²) in [6, 6.07) is 47.5. The van der Waals surface area contributed by atoms with Crippen LogP contribution in [0.25, 0.3) is 38.7 Å². The molecule has 1 heteroatoms. The van der Waals surface area contributed by atoms with Gasteiger partial charge in [-0.2, -0.15) is 0 Å². The van der Waals surface area contributed by atoms with E-state index in [1.165, 1.54) is 49.4 Å². The largest absolute Gasteiger partial charge is 0.280 e. The molecule has 0 aliphatic carbocycles. The van der Waals surface area contributed by atoms with Crippen LogP contribution in [0, 0.1) is 6.92 Å². The van der Waals surface area contributed by atoms with Crippen molar-refractivity contribution in [1.82, 2.24) is 0 Å². The number of hydrogen-bond donors (Lipinski definition) is 0. The second-order valence-electron chi connectivity index (χ2n) is 9.77. The molecule has 0 fully saturated rings. The summed E-state index contributed by atoms with van der Waals surface area (Å²) < 4.78 is 0. The molecule has 0 radical (unpaired) electrons. The fourth-order valence-corrected chi connectivity index (χ4v) is 4.80. The normalized spacial score (nSPS) is 12.0. The number of fused-ring (bicyclic) bond motifs is 2. The van der Waals surface area contributed by atoms with Gasteiger partial charge in [-0.25, -0.2) is 0 Å². The molecule has 0 aliphatic heterocycles. The number of hydrogen-bond acceptors (Lipinski definition) is 1. The third-order valence-corrected chi connectivity index (χ3v) is 7.02. The van der Waals surface area contributed by atoms with Crippen molar-refractivity contribution in [3.63, 3.8) is 0 Å². The molecule has 6 rings (SSSR count). The van der Waals surface area contributed by atoms with E-state index in [0.717, 1.165) is 11.3 Å². The van der Waals surface area contributed by atoms with E-state index in [1.54, 1.807) is 0 Å². The van der Waals surface area contributed by atoms with E-state index in [9.17, 15) is 0 Å². The number of aliphatic imine (C=N–C) groups is 1. The highest BCUT2D eigenvalue weighted by Gasteiger charge is 2.04. The molecule has 182 valence electrons. The van der Waals surface area contributed by atoms with Gasteiger partial charge in [0.1, 0.15) is 0 Å². The van der Waals surface area contributed by atoms with E-state index in [2.05, 4.69) is 153 Å². The Balaban J connectivity index is 1.31. The molecule has 0 aliphatic rings. The Morgan fingerprint density at radius 3 is 1.84 bits per heavy atom. The molecular formula is C37H29N. The van der Waals surface area contributed by atoms with Crippen molar-refractivity contribution in [1.29, 1.82) is 0 Å². The minimum atomic E-state index is 0.623. The minimum absolute atomic E-state index is 0.623. The quantitative estimate of drug-likeness (QED) is 0.207. The van der Waals surface area contributed by atoms with Crippen LogP contribution in [0.2, 0.25) is 0 Å². The maximum atomic E-state index is 5.09. The number of benzene rings is 6. The lowest BCUT2D eigenvalue weighted by Crippen LogP contribution is -1.98. The molecule has 38 heavy (non-hydrogen) atoms. The van der Waals surface area contributed by atoms with E-state index >= 15 is 0 Å². The second kappa shape index (κ2) is 10.7. The molecule has 0 saturated carbocycles. The number of allylic oxidation sites excluding steroid dienone is 1. The van der Waals surface area contributed by atoms with Gasteiger partial charge in [0.15, 0.2) is 0 Å². The van der Waals surface area contributed by atoms with Gasteiger partial charge in [-0.1, -0.05) is 133 Å². The maximum absolute atomic E-state index is 5.09. The van der Waals surface area contributed by atoms with Crippen LogP contribution in [-0.2, 0) is 6.54 Å². The van der Waals surface area contributed by atoms with Gasteiger partial charge >= 0.3 is 0 Å². The zero-order valence-corrected chi connectivity index (χ0v) is 21.5. The third kappa shape index (κ3) is 5.33. The lowest BCUT2D eigenvalue weighted by molar-refractivity contribution is 1.07. The van der Waals surface area contributed by atoms with Gasteiger partial charge in [0.25, 0.3) is 0 Å². The maximum Gasteiger partial charge on any atom is 0.0651 e. The average Bonchev–Trinajstić information content (AvgIpc) is 2.97. The summed E-state index contributed by atoms with van der Waals surface area (Å²) in [5.74, 6) is 0. The van der Waals surface area contributed by atoms with Gasteiger partial charge in [0.05, 0.1) is 12.3 Å². The van der Waals surface area contributed by atoms with E-state index < -0.39 is 0 Å². The Labute approximate surface area is 224 Å². The van der Waals surface area contributed by atoms with Gasteiger partial charge in [0.2, 0.25) is 0 Å². The number of aryl methyl sites for hydroxylation is 1. The smallest absolute Gasteiger partial charge is 0.0651 e.